The van der Waals surface area contributed by atoms with E-state index in [-0.39, 0.29) is 55.9 Å². The van der Waals surface area contributed by atoms with Gasteiger partial charge in [-0.3, -0.25) is 14.4 Å². The SMILES string of the molecule is COC(=O)[C@]12C[C@H](CC(=O)N3CCC(c4ccccc4)CC3)C(=O)N(Cc3ccc4c(c3)OCO4)C1=C[C@H](C(C)C)O[C@@H]2C1CC1. The van der Waals surface area contributed by atoms with Crippen molar-refractivity contribution in [2.75, 3.05) is 27.0 Å². The van der Waals surface area contributed by atoms with Crippen molar-refractivity contribution in [3.05, 3.63) is 71.4 Å². The van der Waals surface area contributed by atoms with Crippen molar-refractivity contribution in [3.8, 4) is 11.5 Å². The van der Waals surface area contributed by atoms with Crippen LogP contribution in [0.5, 0.6) is 11.5 Å². The minimum absolute atomic E-state index is 0.0416. The number of likely N-dealkylation sites (tertiary alicyclic amines) is 2. The van der Waals surface area contributed by atoms with Crippen LogP contribution >= 0.6 is 0 Å². The molecule has 0 spiro atoms. The van der Waals surface area contributed by atoms with E-state index in [4.69, 9.17) is 18.9 Å². The first kappa shape index (κ1) is 30.8. The summed E-state index contributed by atoms with van der Waals surface area (Å²) in [6, 6.07) is 16.1. The summed E-state index contributed by atoms with van der Waals surface area (Å²) in [6.07, 6.45) is 5.21. The van der Waals surface area contributed by atoms with Gasteiger partial charge in [0.25, 0.3) is 0 Å². The number of hydrogen-bond donors (Lipinski definition) is 0. The molecule has 4 atom stereocenters. The Morgan fingerprint density at radius 1 is 1.00 bits per heavy atom. The summed E-state index contributed by atoms with van der Waals surface area (Å²) in [5, 5.41) is 0. The molecule has 2 aromatic carbocycles. The molecule has 1 aliphatic carbocycles. The predicted octanol–water partition coefficient (Wildman–Crippen LogP) is 5.44. The Morgan fingerprint density at radius 2 is 1.74 bits per heavy atom. The van der Waals surface area contributed by atoms with Gasteiger partial charge in [-0.15, -0.1) is 0 Å². The molecule has 4 heterocycles. The maximum Gasteiger partial charge on any atom is 0.320 e. The lowest BCUT2D eigenvalue weighted by Crippen LogP contribution is -2.61. The van der Waals surface area contributed by atoms with Gasteiger partial charge in [-0.1, -0.05) is 50.2 Å². The van der Waals surface area contributed by atoms with Crippen molar-refractivity contribution in [1.29, 1.82) is 0 Å². The number of carbonyl (C=O) groups excluding carboxylic acids is 3. The van der Waals surface area contributed by atoms with Crippen LogP contribution in [0.15, 0.2) is 60.3 Å². The van der Waals surface area contributed by atoms with Crippen molar-refractivity contribution in [2.24, 2.45) is 23.2 Å². The molecule has 5 aliphatic rings. The molecule has 2 saturated heterocycles. The van der Waals surface area contributed by atoms with Crippen molar-refractivity contribution >= 4 is 17.8 Å². The number of hydrogen-bond acceptors (Lipinski definition) is 7. The highest BCUT2D eigenvalue weighted by atomic mass is 16.7. The van der Waals surface area contributed by atoms with E-state index in [1.165, 1.54) is 12.7 Å². The number of fused-ring (bicyclic) bond motifs is 2. The highest BCUT2D eigenvalue weighted by Crippen LogP contribution is 2.57. The molecule has 2 amide bonds. The van der Waals surface area contributed by atoms with E-state index in [0.29, 0.717) is 36.2 Å². The standard InChI is InChI=1S/C37H44N2O7/c1-23(2)30-19-32-37(36(42)43-3,34(46-30)27-10-11-27)20-28(35(41)39(32)21-24-9-12-29-31(17-24)45-22-44-29)18-33(40)38-15-13-26(14-16-38)25-7-5-4-6-8-25/h4-9,12,17,19,23,26-28,30,34H,10-11,13-16,18,20-22H2,1-3H3/t28-,30+,34+,37+/m0/s1. The summed E-state index contributed by atoms with van der Waals surface area (Å²) in [7, 11) is 1.41. The van der Waals surface area contributed by atoms with Crippen LogP contribution in [0.4, 0.5) is 0 Å². The van der Waals surface area contributed by atoms with Gasteiger partial charge in [-0.2, -0.15) is 0 Å². The van der Waals surface area contributed by atoms with Crippen molar-refractivity contribution in [3.63, 3.8) is 0 Å². The van der Waals surface area contributed by atoms with Crippen molar-refractivity contribution in [1.82, 2.24) is 9.80 Å². The lowest BCUT2D eigenvalue weighted by molar-refractivity contribution is -0.182. The molecular weight excluding hydrogens is 584 g/mol. The molecule has 244 valence electrons. The van der Waals surface area contributed by atoms with Gasteiger partial charge in [-0.05, 0) is 79.2 Å². The zero-order valence-electron chi connectivity index (χ0n) is 27.0. The Labute approximate surface area is 270 Å². The molecule has 4 aliphatic heterocycles. The first-order valence-electron chi connectivity index (χ1n) is 16.8. The minimum atomic E-state index is -1.18. The second-order valence-corrected chi connectivity index (χ2v) is 13.9. The molecule has 9 heteroatoms. The number of benzene rings is 2. The summed E-state index contributed by atoms with van der Waals surface area (Å²) < 4.78 is 23.4. The topological polar surface area (TPSA) is 94.6 Å². The first-order chi connectivity index (χ1) is 22.3. The van der Waals surface area contributed by atoms with Crippen molar-refractivity contribution in [2.45, 2.75) is 77.0 Å². The van der Waals surface area contributed by atoms with Gasteiger partial charge in [-0.25, -0.2) is 0 Å². The fourth-order valence-electron chi connectivity index (χ4n) is 7.96. The molecule has 1 saturated carbocycles. The van der Waals surface area contributed by atoms with Crippen LogP contribution in [0.3, 0.4) is 0 Å². The minimum Gasteiger partial charge on any atom is -0.468 e. The Morgan fingerprint density at radius 3 is 2.43 bits per heavy atom. The summed E-state index contributed by atoms with van der Waals surface area (Å²) in [5.74, 6) is 0.770. The molecule has 9 nitrogen and oxygen atoms in total. The number of nitrogens with zero attached hydrogens (tertiary/aromatic N) is 2. The number of piperidine rings is 2. The van der Waals surface area contributed by atoms with Crippen LogP contribution in [-0.4, -0.2) is 66.8 Å². The average molecular weight is 629 g/mol. The molecule has 3 fully saturated rings. The Kier molecular flexibility index (Phi) is 8.30. The highest BCUT2D eigenvalue weighted by molar-refractivity contribution is 5.93. The van der Waals surface area contributed by atoms with E-state index in [9.17, 15) is 14.4 Å². The monoisotopic (exact) mass is 628 g/mol. The van der Waals surface area contributed by atoms with Gasteiger partial charge in [0.05, 0.1) is 25.9 Å². The molecule has 46 heavy (non-hydrogen) atoms. The zero-order chi connectivity index (χ0) is 32.0. The van der Waals surface area contributed by atoms with Crippen LogP contribution in [0.25, 0.3) is 0 Å². The van der Waals surface area contributed by atoms with E-state index in [1.54, 1.807) is 4.90 Å². The van der Waals surface area contributed by atoms with Gasteiger partial charge in [0, 0.05) is 31.1 Å². The van der Waals surface area contributed by atoms with Crippen LogP contribution in [-0.2, 0) is 30.4 Å². The normalized spacial score (nSPS) is 27.8. The maximum atomic E-state index is 14.6. The molecule has 7 rings (SSSR count). The molecule has 0 bridgehead atoms. The summed E-state index contributed by atoms with van der Waals surface area (Å²) >= 11 is 0. The molecule has 0 N–H and O–H groups in total. The van der Waals surface area contributed by atoms with Crippen LogP contribution < -0.4 is 9.47 Å². The molecule has 2 aromatic rings. The molecular formula is C37H44N2O7. The van der Waals surface area contributed by atoms with E-state index in [2.05, 4.69) is 38.1 Å². The van der Waals surface area contributed by atoms with Gasteiger partial charge >= 0.3 is 5.97 Å². The maximum absolute atomic E-state index is 14.6. The zero-order valence-corrected chi connectivity index (χ0v) is 27.0. The largest absolute Gasteiger partial charge is 0.468 e. The smallest absolute Gasteiger partial charge is 0.320 e. The second-order valence-electron chi connectivity index (χ2n) is 13.9. The average Bonchev–Trinajstić information content (AvgIpc) is 3.82. The number of ether oxygens (including phenoxy) is 4. The van der Waals surface area contributed by atoms with E-state index < -0.39 is 23.4 Å². The Balaban J connectivity index is 1.20. The van der Waals surface area contributed by atoms with Gasteiger partial charge in [0.15, 0.2) is 11.5 Å². The Hall–Kier alpha value is -3.85. The third kappa shape index (κ3) is 5.57. The summed E-state index contributed by atoms with van der Waals surface area (Å²) in [4.78, 5) is 46.2. The van der Waals surface area contributed by atoms with Gasteiger partial charge < -0.3 is 28.7 Å². The van der Waals surface area contributed by atoms with E-state index in [0.717, 1.165) is 31.2 Å². The summed E-state index contributed by atoms with van der Waals surface area (Å²) in [6.45, 7) is 5.86. The fraction of sp³-hybridized carbons (Fsp3) is 0.541. The van der Waals surface area contributed by atoms with E-state index >= 15 is 0 Å². The second kappa shape index (κ2) is 12.4. The van der Waals surface area contributed by atoms with Gasteiger partial charge in [0.2, 0.25) is 18.6 Å². The quantitative estimate of drug-likeness (QED) is 0.360. The highest BCUT2D eigenvalue weighted by Gasteiger charge is 2.64. The third-order valence-corrected chi connectivity index (χ3v) is 10.6. The van der Waals surface area contributed by atoms with Crippen LogP contribution in [0, 0.1) is 23.2 Å². The lowest BCUT2D eigenvalue weighted by atomic mass is 9.64. The van der Waals surface area contributed by atoms with Gasteiger partial charge in [0.1, 0.15) is 5.41 Å². The van der Waals surface area contributed by atoms with Crippen LogP contribution in [0.1, 0.15) is 69.4 Å². The summed E-state index contributed by atoms with van der Waals surface area (Å²) in [5.41, 5.74) is 1.62. The van der Waals surface area contributed by atoms with Crippen LogP contribution in [0.2, 0.25) is 0 Å². The molecule has 0 aromatic heterocycles. The fourth-order valence-corrected chi connectivity index (χ4v) is 7.96. The van der Waals surface area contributed by atoms with Crippen molar-refractivity contribution < 1.29 is 33.3 Å². The first-order valence-corrected chi connectivity index (χ1v) is 16.8. The number of rotatable bonds is 8. The lowest BCUT2D eigenvalue weighted by Gasteiger charge is -2.53. The third-order valence-electron chi connectivity index (χ3n) is 10.6. The predicted molar refractivity (Wildman–Crippen MR) is 170 cm³/mol. The van der Waals surface area contributed by atoms with E-state index in [1.807, 2.05) is 35.2 Å². The molecule has 0 radical (unpaired) electrons. The number of methoxy groups -OCH3 is 1. The number of esters is 1. The number of amides is 2. The number of carbonyl (C=O) groups is 3. The Bertz CT molecular complexity index is 1510. The molecule has 0 unspecified atom stereocenters.